The van der Waals surface area contributed by atoms with Gasteiger partial charge in [-0.1, -0.05) is 197 Å². The van der Waals surface area contributed by atoms with Gasteiger partial charge in [-0.25, -0.2) is 0 Å². The van der Waals surface area contributed by atoms with Crippen molar-refractivity contribution in [2.24, 2.45) is 0 Å². The van der Waals surface area contributed by atoms with Crippen LogP contribution >= 0.6 is 0 Å². The van der Waals surface area contributed by atoms with E-state index in [1.54, 1.807) is 0 Å². The third-order valence-corrected chi connectivity index (χ3v) is 10.3. The van der Waals surface area contributed by atoms with E-state index < -0.39 is 28.0 Å². The minimum Gasteiger partial charge on any atom is -0.391 e. The van der Waals surface area contributed by atoms with Gasteiger partial charge in [0.1, 0.15) is 0 Å². The molecule has 0 aromatic carbocycles. The molecule has 7 heteroatoms. The van der Waals surface area contributed by atoms with E-state index in [-0.39, 0.29) is 12.3 Å². The van der Waals surface area contributed by atoms with Crippen molar-refractivity contribution < 1.29 is 22.9 Å². The Hall–Kier alpha value is -1.70. The van der Waals surface area contributed by atoms with Crippen molar-refractivity contribution in [3.05, 3.63) is 48.6 Å². The molecule has 0 aromatic rings. The van der Waals surface area contributed by atoms with E-state index >= 15 is 0 Å². The van der Waals surface area contributed by atoms with Gasteiger partial charge in [0.05, 0.1) is 17.9 Å². The number of rotatable bonds is 38. The normalized spacial score (nSPS) is 13.7. The van der Waals surface area contributed by atoms with E-state index in [0.29, 0.717) is 12.8 Å². The lowest BCUT2D eigenvalue weighted by atomic mass is 10.0. The number of hydrogen-bond donors (Lipinski definition) is 3. The quantitative estimate of drug-likeness (QED) is 0.0333. The molecule has 0 bridgehead atoms. The van der Waals surface area contributed by atoms with E-state index in [2.05, 4.69) is 67.8 Å². The molecule has 2 unspecified atom stereocenters. The van der Waals surface area contributed by atoms with Crippen molar-refractivity contribution in [2.45, 2.75) is 219 Å². The molecule has 0 rings (SSSR count). The Balaban J connectivity index is 3.87. The fraction of sp³-hybridized carbons (Fsp3) is 0.795. The number of carbonyl (C=O) groups excluding carboxylic acids is 1. The first-order valence-electron chi connectivity index (χ1n) is 21.3. The summed E-state index contributed by atoms with van der Waals surface area (Å²) in [6.45, 7) is 4.41. The fourth-order valence-corrected chi connectivity index (χ4v) is 7.15. The summed E-state index contributed by atoms with van der Waals surface area (Å²) >= 11 is 0. The molecule has 51 heavy (non-hydrogen) atoms. The number of carbonyl (C=O) groups is 1. The lowest BCUT2D eigenvalue weighted by molar-refractivity contribution is -0.122. The maximum Gasteiger partial charge on any atom is 0.266 e. The zero-order valence-corrected chi connectivity index (χ0v) is 34.0. The maximum atomic E-state index is 12.5. The zero-order chi connectivity index (χ0) is 37.5. The predicted molar refractivity (Wildman–Crippen MR) is 221 cm³/mol. The first-order chi connectivity index (χ1) is 24.8. The Bertz CT molecular complexity index is 987. The molecule has 0 radical (unpaired) electrons. The summed E-state index contributed by atoms with van der Waals surface area (Å²) in [4.78, 5) is 12.5. The first-order valence-corrected chi connectivity index (χ1v) is 22.9. The Labute approximate surface area is 316 Å². The Morgan fingerprint density at radius 1 is 0.549 bits per heavy atom. The van der Waals surface area contributed by atoms with Gasteiger partial charge in [-0.15, -0.1) is 0 Å². The number of amides is 1. The highest BCUT2D eigenvalue weighted by Crippen LogP contribution is 2.16. The number of nitrogens with one attached hydrogen (secondary N) is 1. The van der Waals surface area contributed by atoms with Crippen LogP contribution in [0.4, 0.5) is 0 Å². The molecular formula is C44H81NO5S. The summed E-state index contributed by atoms with van der Waals surface area (Å²) in [5, 5.41) is 13.3. The summed E-state index contributed by atoms with van der Waals surface area (Å²) in [5.74, 6) is -0.951. The molecule has 0 spiro atoms. The van der Waals surface area contributed by atoms with E-state index in [4.69, 9.17) is 0 Å². The van der Waals surface area contributed by atoms with E-state index in [9.17, 15) is 22.9 Å². The van der Waals surface area contributed by atoms with Gasteiger partial charge in [0.15, 0.2) is 0 Å². The molecule has 0 aliphatic rings. The molecule has 6 nitrogen and oxygen atoms in total. The van der Waals surface area contributed by atoms with Crippen LogP contribution in [0, 0.1) is 0 Å². The minimum atomic E-state index is -4.33. The summed E-state index contributed by atoms with van der Waals surface area (Å²) < 4.78 is 32.6. The minimum absolute atomic E-state index is 0.265. The van der Waals surface area contributed by atoms with Gasteiger partial charge in [0.2, 0.25) is 5.91 Å². The average Bonchev–Trinajstić information content (AvgIpc) is 3.09. The highest BCUT2D eigenvalue weighted by atomic mass is 32.2. The van der Waals surface area contributed by atoms with Crippen LogP contribution in [-0.2, 0) is 14.9 Å². The van der Waals surface area contributed by atoms with Crippen LogP contribution in [0.15, 0.2) is 48.6 Å². The second-order valence-electron chi connectivity index (χ2n) is 14.6. The number of unbranched alkanes of at least 4 members (excludes halogenated alkanes) is 22. The average molecular weight is 736 g/mol. The summed E-state index contributed by atoms with van der Waals surface area (Å²) in [6.07, 6.45) is 50.7. The monoisotopic (exact) mass is 736 g/mol. The molecule has 0 aliphatic carbocycles. The molecule has 0 heterocycles. The van der Waals surface area contributed by atoms with Gasteiger partial charge in [-0.2, -0.15) is 8.42 Å². The van der Waals surface area contributed by atoms with Crippen molar-refractivity contribution in [1.82, 2.24) is 5.32 Å². The molecule has 298 valence electrons. The molecule has 3 N–H and O–H groups in total. The maximum absolute atomic E-state index is 12.5. The molecule has 0 aromatic heterocycles. The number of allylic oxidation sites excluding steroid dienone is 8. The van der Waals surface area contributed by atoms with Crippen LogP contribution in [0.3, 0.4) is 0 Å². The van der Waals surface area contributed by atoms with E-state index in [0.717, 1.165) is 57.8 Å². The van der Waals surface area contributed by atoms with Gasteiger partial charge < -0.3 is 10.4 Å². The smallest absolute Gasteiger partial charge is 0.266 e. The largest absolute Gasteiger partial charge is 0.391 e. The topological polar surface area (TPSA) is 104 Å². The third kappa shape index (κ3) is 39.3. The fourth-order valence-electron chi connectivity index (χ4n) is 6.39. The Morgan fingerprint density at radius 3 is 1.35 bits per heavy atom. The Kier molecular flexibility index (Phi) is 36.8. The van der Waals surface area contributed by atoms with Crippen molar-refractivity contribution >= 4 is 16.0 Å². The van der Waals surface area contributed by atoms with Crippen LogP contribution in [0.5, 0.6) is 0 Å². The van der Waals surface area contributed by atoms with Crippen molar-refractivity contribution in [3.63, 3.8) is 0 Å². The van der Waals surface area contributed by atoms with Crippen molar-refractivity contribution in [2.75, 3.05) is 5.75 Å². The molecule has 0 saturated carbocycles. The third-order valence-electron chi connectivity index (χ3n) is 9.55. The first kappa shape index (κ1) is 49.3. The lowest BCUT2D eigenvalue weighted by Crippen LogP contribution is -2.47. The van der Waals surface area contributed by atoms with Gasteiger partial charge >= 0.3 is 0 Å². The predicted octanol–water partition coefficient (Wildman–Crippen LogP) is 12.7. The molecule has 0 saturated heterocycles. The molecular weight excluding hydrogens is 655 g/mol. The van der Waals surface area contributed by atoms with Gasteiger partial charge in [-0.05, 0) is 51.4 Å². The lowest BCUT2D eigenvalue weighted by Gasteiger charge is -2.23. The van der Waals surface area contributed by atoms with Gasteiger partial charge in [-0.3, -0.25) is 9.35 Å². The molecule has 0 aliphatic heterocycles. The highest BCUT2D eigenvalue weighted by molar-refractivity contribution is 7.85. The molecule has 1 amide bonds. The van der Waals surface area contributed by atoms with E-state index in [1.165, 1.54) is 116 Å². The SMILES string of the molecule is CC/C=C\C/C=C\C/C=C\C/C=C\CCCCC(=O)NC(CS(=O)(=O)O)C(O)CCCCCCCCCCCCCCCCCCCCCCC. The Morgan fingerprint density at radius 2 is 0.941 bits per heavy atom. The number of hydrogen-bond acceptors (Lipinski definition) is 4. The number of aliphatic hydroxyl groups excluding tert-OH is 1. The van der Waals surface area contributed by atoms with Crippen LogP contribution in [0.2, 0.25) is 0 Å². The van der Waals surface area contributed by atoms with Gasteiger partial charge in [0.25, 0.3) is 10.1 Å². The second kappa shape index (κ2) is 38.0. The number of aliphatic hydroxyl groups is 1. The second-order valence-corrected chi connectivity index (χ2v) is 16.1. The molecule has 0 fully saturated rings. The van der Waals surface area contributed by atoms with Crippen LogP contribution in [0.25, 0.3) is 0 Å². The summed E-state index contributed by atoms with van der Waals surface area (Å²) in [6, 6.07) is -0.994. The van der Waals surface area contributed by atoms with Gasteiger partial charge in [0, 0.05) is 6.42 Å². The highest BCUT2D eigenvalue weighted by Gasteiger charge is 2.26. The van der Waals surface area contributed by atoms with Crippen LogP contribution in [0.1, 0.15) is 206 Å². The summed E-state index contributed by atoms with van der Waals surface area (Å²) in [7, 11) is -4.33. The standard InChI is InChI=1S/C44H81NO5S/c1-3-5-7-9-11-13-15-17-19-20-21-22-23-24-26-27-29-31-33-35-37-39-43(46)42(41-51(48,49)50)45-44(47)40-38-36-34-32-30-28-25-18-16-14-12-10-8-6-4-2/h6,8,12,14,18,25,30,32,42-43,46H,3-5,7,9-11,13,15-17,19-24,26-29,31,33-41H2,1-2H3,(H,45,47)(H,48,49,50)/b8-6-,14-12-,25-18-,32-30-. The van der Waals surface area contributed by atoms with Crippen LogP contribution < -0.4 is 5.32 Å². The van der Waals surface area contributed by atoms with E-state index in [1.807, 2.05) is 0 Å². The summed E-state index contributed by atoms with van der Waals surface area (Å²) in [5.41, 5.74) is 0. The van der Waals surface area contributed by atoms with Crippen molar-refractivity contribution in [1.29, 1.82) is 0 Å². The zero-order valence-electron chi connectivity index (χ0n) is 33.2. The molecule has 2 atom stereocenters. The van der Waals surface area contributed by atoms with Crippen molar-refractivity contribution in [3.8, 4) is 0 Å². The van der Waals surface area contributed by atoms with Crippen LogP contribution in [-0.4, -0.2) is 41.9 Å².